The number of nitrogens with zero attached hydrogens (tertiary/aromatic N) is 1. The second-order valence-corrected chi connectivity index (χ2v) is 7.21. The van der Waals surface area contributed by atoms with E-state index in [4.69, 9.17) is 11.6 Å². The van der Waals surface area contributed by atoms with Gasteiger partial charge < -0.3 is 9.88 Å². The Balaban J connectivity index is 1.57. The van der Waals surface area contributed by atoms with E-state index in [0.29, 0.717) is 5.92 Å². The third kappa shape index (κ3) is 3.42. The van der Waals surface area contributed by atoms with Gasteiger partial charge in [-0.15, -0.1) is 0 Å². The lowest BCUT2D eigenvalue weighted by atomic mass is 9.94. The van der Waals surface area contributed by atoms with Crippen LogP contribution in [0.4, 0.5) is 0 Å². The maximum absolute atomic E-state index is 13.0. The first-order valence-electron chi connectivity index (χ1n) is 8.82. The summed E-state index contributed by atoms with van der Waals surface area (Å²) < 4.78 is 0. The molecule has 1 aromatic heterocycles. The van der Waals surface area contributed by atoms with E-state index in [-0.39, 0.29) is 5.91 Å². The molecule has 1 amide bonds. The van der Waals surface area contributed by atoms with Crippen LogP contribution in [0.1, 0.15) is 41.1 Å². The van der Waals surface area contributed by atoms with Crippen molar-refractivity contribution in [2.75, 3.05) is 13.1 Å². The predicted octanol–water partition coefficient (Wildman–Crippen LogP) is 5.23. The highest BCUT2D eigenvalue weighted by Crippen LogP contribution is 2.28. The minimum atomic E-state index is 0.123. The zero-order valence-electron chi connectivity index (χ0n) is 14.0. The van der Waals surface area contributed by atoms with Gasteiger partial charge in [0.05, 0.1) is 0 Å². The number of hydrogen-bond donors (Lipinski definition) is 1. The number of amides is 1. The standard InChI is InChI=1S/C21H21ClN2O/c22-19-8-6-15(7-9-19)18-3-1-2-12-24(14-18)21(25)17-5-4-16-10-11-23-20(16)13-17/h4-11,13,18,23H,1-3,12,14H2. The highest BCUT2D eigenvalue weighted by Gasteiger charge is 2.24. The average Bonchev–Trinajstić information content (AvgIpc) is 2.97. The van der Waals surface area contributed by atoms with Crippen molar-refractivity contribution >= 4 is 28.4 Å². The first-order chi connectivity index (χ1) is 12.2. The second kappa shape index (κ2) is 6.93. The van der Waals surface area contributed by atoms with Crippen molar-refractivity contribution in [3.05, 3.63) is 70.9 Å². The normalized spacial score (nSPS) is 18.3. The lowest BCUT2D eigenvalue weighted by Gasteiger charge is -2.25. The number of nitrogens with one attached hydrogen (secondary N) is 1. The van der Waals surface area contributed by atoms with Crippen LogP contribution in [0.15, 0.2) is 54.7 Å². The van der Waals surface area contributed by atoms with Crippen LogP contribution in [0.2, 0.25) is 5.02 Å². The Morgan fingerprint density at radius 3 is 2.76 bits per heavy atom. The molecule has 0 saturated carbocycles. The monoisotopic (exact) mass is 352 g/mol. The van der Waals surface area contributed by atoms with E-state index in [1.165, 1.54) is 5.56 Å². The van der Waals surface area contributed by atoms with Crippen LogP contribution in [0.25, 0.3) is 10.9 Å². The summed E-state index contributed by atoms with van der Waals surface area (Å²) in [6.07, 6.45) is 5.22. The summed E-state index contributed by atoms with van der Waals surface area (Å²) in [6, 6.07) is 16.0. The Morgan fingerprint density at radius 1 is 1.08 bits per heavy atom. The summed E-state index contributed by atoms with van der Waals surface area (Å²) in [6.45, 7) is 1.59. The van der Waals surface area contributed by atoms with Gasteiger partial charge in [-0.05, 0) is 54.1 Å². The van der Waals surface area contributed by atoms with Crippen LogP contribution < -0.4 is 0 Å². The summed E-state index contributed by atoms with van der Waals surface area (Å²) >= 11 is 6.01. The van der Waals surface area contributed by atoms with Gasteiger partial charge in [-0.2, -0.15) is 0 Å². The molecule has 1 unspecified atom stereocenters. The van der Waals surface area contributed by atoms with Gasteiger partial charge in [0.2, 0.25) is 0 Å². The van der Waals surface area contributed by atoms with E-state index in [1.807, 2.05) is 47.5 Å². The summed E-state index contributed by atoms with van der Waals surface area (Å²) in [5.74, 6) is 0.496. The van der Waals surface area contributed by atoms with Gasteiger partial charge in [0.15, 0.2) is 0 Å². The molecule has 4 rings (SSSR count). The van der Waals surface area contributed by atoms with Crippen molar-refractivity contribution in [1.82, 2.24) is 9.88 Å². The number of carbonyl (C=O) groups excluding carboxylic acids is 1. The Labute approximate surface area is 152 Å². The number of hydrogen-bond acceptors (Lipinski definition) is 1. The topological polar surface area (TPSA) is 36.1 Å². The summed E-state index contributed by atoms with van der Waals surface area (Å²) in [5.41, 5.74) is 3.03. The zero-order valence-corrected chi connectivity index (χ0v) is 14.8. The molecule has 1 N–H and O–H groups in total. The van der Waals surface area contributed by atoms with Gasteiger partial charge in [0.25, 0.3) is 5.91 Å². The molecule has 0 spiro atoms. The van der Waals surface area contributed by atoms with Crippen LogP contribution >= 0.6 is 11.6 Å². The van der Waals surface area contributed by atoms with Gasteiger partial charge in [-0.1, -0.05) is 36.2 Å². The number of benzene rings is 2. The van der Waals surface area contributed by atoms with Gasteiger partial charge in [0.1, 0.15) is 0 Å². The highest BCUT2D eigenvalue weighted by atomic mass is 35.5. The number of H-pyrrole nitrogens is 1. The highest BCUT2D eigenvalue weighted by molar-refractivity contribution is 6.30. The van der Waals surface area contributed by atoms with E-state index < -0.39 is 0 Å². The molecule has 1 aliphatic rings. The van der Waals surface area contributed by atoms with Crippen molar-refractivity contribution in [2.45, 2.75) is 25.2 Å². The second-order valence-electron chi connectivity index (χ2n) is 6.78. The molecule has 0 bridgehead atoms. The maximum Gasteiger partial charge on any atom is 0.253 e. The minimum Gasteiger partial charge on any atom is -0.361 e. The van der Waals surface area contributed by atoms with Crippen molar-refractivity contribution in [3.63, 3.8) is 0 Å². The first kappa shape index (κ1) is 16.2. The Kier molecular flexibility index (Phi) is 4.50. The summed E-state index contributed by atoms with van der Waals surface area (Å²) in [5, 5.41) is 1.89. The Bertz CT molecular complexity index is 884. The fourth-order valence-electron chi connectivity index (χ4n) is 3.70. The molecule has 4 heteroatoms. The molecular weight excluding hydrogens is 332 g/mol. The van der Waals surface area contributed by atoms with Crippen LogP contribution in [0.5, 0.6) is 0 Å². The van der Waals surface area contributed by atoms with Crippen LogP contribution in [0, 0.1) is 0 Å². The fourth-order valence-corrected chi connectivity index (χ4v) is 3.82. The summed E-state index contributed by atoms with van der Waals surface area (Å²) in [7, 11) is 0. The largest absolute Gasteiger partial charge is 0.361 e. The summed E-state index contributed by atoms with van der Waals surface area (Å²) in [4.78, 5) is 18.2. The van der Waals surface area contributed by atoms with Gasteiger partial charge in [-0.25, -0.2) is 0 Å². The molecule has 1 aliphatic heterocycles. The molecule has 0 aliphatic carbocycles. The van der Waals surface area contributed by atoms with Crippen molar-refractivity contribution < 1.29 is 4.79 Å². The number of halogens is 1. The number of rotatable bonds is 2. The van der Waals surface area contributed by atoms with E-state index in [2.05, 4.69) is 17.1 Å². The number of aromatic nitrogens is 1. The zero-order chi connectivity index (χ0) is 17.2. The van der Waals surface area contributed by atoms with Crippen molar-refractivity contribution in [2.24, 2.45) is 0 Å². The Hall–Kier alpha value is -2.26. The average molecular weight is 353 g/mol. The quantitative estimate of drug-likeness (QED) is 0.673. The van der Waals surface area contributed by atoms with Gasteiger partial charge in [0, 0.05) is 41.3 Å². The predicted molar refractivity (Wildman–Crippen MR) is 102 cm³/mol. The molecule has 1 fully saturated rings. The molecule has 25 heavy (non-hydrogen) atoms. The molecular formula is C21H21ClN2O. The van der Waals surface area contributed by atoms with Gasteiger partial charge in [-0.3, -0.25) is 4.79 Å². The number of carbonyl (C=O) groups is 1. The SMILES string of the molecule is O=C(c1ccc2cc[nH]c2c1)N1CCCCC(c2ccc(Cl)cc2)C1. The maximum atomic E-state index is 13.0. The third-order valence-corrected chi connectivity index (χ3v) is 5.35. The molecule has 2 aromatic carbocycles. The van der Waals surface area contributed by atoms with E-state index in [9.17, 15) is 4.79 Å². The first-order valence-corrected chi connectivity index (χ1v) is 9.20. The van der Waals surface area contributed by atoms with Crippen LogP contribution in [-0.4, -0.2) is 28.9 Å². The molecule has 1 atom stereocenters. The van der Waals surface area contributed by atoms with Crippen LogP contribution in [-0.2, 0) is 0 Å². The molecule has 2 heterocycles. The van der Waals surface area contributed by atoms with E-state index in [1.54, 1.807) is 0 Å². The minimum absolute atomic E-state index is 0.123. The smallest absolute Gasteiger partial charge is 0.253 e. The molecule has 3 nitrogen and oxygen atoms in total. The van der Waals surface area contributed by atoms with Crippen LogP contribution in [0.3, 0.4) is 0 Å². The lowest BCUT2D eigenvalue weighted by molar-refractivity contribution is 0.0754. The fraction of sp³-hybridized carbons (Fsp3) is 0.286. The molecule has 3 aromatic rings. The molecule has 128 valence electrons. The number of fused-ring (bicyclic) bond motifs is 1. The Morgan fingerprint density at radius 2 is 1.92 bits per heavy atom. The number of likely N-dealkylation sites (tertiary alicyclic amines) is 1. The lowest BCUT2D eigenvalue weighted by Crippen LogP contribution is -2.34. The number of aromatic amines is 1. The van der Waals surface area contributed by atoms with Crippen molar-refractivity contribution in [3.8, 4) is 0 Å². The molecule has 1 saturated heterocycles. The molecule has 0 radical (unpaired) electrons. The third-order valence-electron chi connectivity index (χ3n) is 5.10. The van der Waals surface area contributed by atoms with Crippen molar-refractivity contribution in [1.29, 1.82) is 0 Å². The van der Waals surface area contributed by atoms with E-state index in [0.717, 1.165) is 53.8 Å². The van der Waals surface area contributed by atoms with Gasteiger partial charge >= 0.3 is 0 Å². The van der Waals surface area contributed by atoms with E-state index >= 15 is 0 Å².